The number of benzene rings is 1. The van der Waals surface area contributed by atoms with E-state index in [2.05, 4.69) is 22.5 Å². The van der Waals surface area contributed by atoms with Crippen molar-refractivity contribution in [1.82, 2.24) is 5.32 Å². The molecule has 0 bridgehead atoms. The van der Waals surface area contributed by atoms with Crippen LogP contribution in [0.15, 0.2) is 24.3 Å². The van der Waals surface area contributed by atoms with Gasteiger partial charge in [0.15, 0.2) is 0 Å². The first-order valence-corrected chi connectivity index (χ1v) is 4.80. The summed E-state index contributed by atoms with van der Waals surface area (Å²) >= 11 is 0. The van der Waals surface area contributed by atoms with Crippen LogP contribution in [0.4, 0.5) is 5.69 Å². The Labute approximate surface area is 89.9 Å². The van der Waals surface area contributed by atoms with Gasteiger partial charge >= 0.3 is 0 Å². The van der Waals surface area contributed by atoms with Crippen LogP contribution < -0.4 is 10.6 Å². The summed E-state index contributed by atoms with van der Waals surface area (Å²) in [5.74, 6) is 5.82. The lowest BCUT2D eigenvalue weighted by Gasteiger charge is -2.05. The Hall–Kier alpha value is -1.95. The standard InChI is InChI=1S/C12H14N2O/c1-2-3-11-4-6-12(7-5-11)14-9-8-13-10-15/h4-7,10,14H,8-9H2,1H3,(H,13,15). The van der Waals surface area contributed by atoms with Crippen LogP contribution in [0.5, 0.6) is 0 Å². The molecule has 0 aliphatic rings. The number of carbonyl (C=O) groups excluding carboxylic acids is 1. The molecule has 0 aromatic heterocycles. The van der Waals surface area contributed by atoms with Crippen LogP contribution >= 0.6 is 0 Å². The van der Waals surface area contributed by atoms with E-state index in [-0.39, 0.29) is 0 Å². The zero-order chi connectivity index (χ0) is 10.9. The molecule has 0 atom stereocenters. The van der Waals surface area contributed by atoms with Gasteiger partial charge in [-0.2, -0.15) is 0 Å². The maximum atomic E-state index is 9.98. The molecule has 0 unspecified atom stereocenters. The van der Waals surface area contributed by atoms with Crippen molar-refractivity contribution in [2.75, 3.05) is 18.4 Å². The fourth-order valence-corrected chi connectivity index (χ4v) is 1.15. The molecule has 78 valence electrons. The van der Waals surface area contributed by atoms with E-state index in [1.165, 1.54) is 0 Å². The number of carbonyl (C=O) groups is 1. The Morgan fingerprint density at radius 3 is 2.60 bits per heavy atom. The third-order valence-corrected chi connectivity index (χ3v) is 1.84. The van der Waals surface area contributed by atoms with Crippen molar-refractivity contribution < 1.29 is 4.79 Å². The van der Waals surface area contributed by atoms with Gasteiger partial charge in [-0.15, -0.1) is 5.92 Å². The minimum absolute atomic E-state index is 0.625. The highest BCUT2D eigenvalue weighted by Crippen LogP contribution is 2.07. The molecule has 3 heteroatoms. The summed E-state index contributed by atoms with van der Waals surface area (Å²) in [6, 6.07) is 7.87. The van der Waals surface area contributed by atoms with Crippen LogP contribution in [0.2, 0.25) is 0 Å². The summed E-state index contributed by atoms with van der Waals surface area (Å²) < 4.78 is 0. The number of amides is 1. The van der Waals surface area contributed by atoms with Crippen LogP contribution in [-0.4, -0.2) is 19.5 Å². The van der Waals surface area contributed by atoms with Crippen molar-refractivity contribution in [2.24, 2.45) is 0 Å². The highest BCUT2D eigenvalue weighted by molar-refractivity contribution is 5.49. The fraction of sp³-hybridized carbons (Fsp3) is 0.250. The van der Waals surface area contributed by atoms with Gasteiger partial charge in [-0.25, -0.2) is 0 Å². The molecule has 0 radical (unpaired) electrons. The van der Waals surface area contributed by atoms with Crippen LogP contribution in [-0.2, 0) is 4.79 Å². The van der Waals surface area contributed by atoms with Crippen molar-refractivity contribution in [3.63, 3.8) is 0 Å². The Morgan fingerprint density at radius 1 is 1.27 bits per heavy atom. The third-order valence-electron chi connectivity index (χ3n) is 1.84. The summed E-state index contributed by atoms with van der Waals surface area (Å²) in [7, 11) is 0. The van der Waals surface area contributed by atoms with E-state index in [1.54, 1.807) is 0 Å². The van der Waals surface area contributed by atoms with Crippen molar-refractivity contribution >= 4 is 12.1 Å². The van der Waals surface area contributed by atoms with Gasteiger partial charge < -0.3 is 10.6 Å². The van der Waals surface area contributed by atoms with Crippen molar-refractivity contribution in [1.29, 1.82) is 0 Å². The summed E-state index contributed by atoms with van der Waals surface area (Å²) in [5.41, 5.74) is 2.04. The Bertz CT molecular complexity index is 359. The number of nitrogens with one attached hydrogen (secondary N) is 2. The van der Waals surface area contributed by atoms with Gasteiger partial charge in [0, 0.05) is 24.3 Å². The normalized spacial score (nSPS) is 8.60. The molecule has 1 aromatic carbocycles. The van der Waals surface area contributed by atoms with Gasteiger partial charge in [-0.05, 0) is 31.2 Å². The second kappa shape index (κ2) is 6.50. The lowest BCUT2D eigenvalue weighted by molar-refractivity contribution is -0.109. The topological polar surface area (TPSA) is 41.1 Å². The first-order chi connectivity index (χ1) is 7.36. The molecule has 1 aromatic rings. The number of hydrogen-bond donors (Lipinski definition) is 2. The second-order valence-corrected chi connectivity index (χ2v) is 2.95. The highest BCUT2D eigenvalue weighted by Gasteiger charge is 1.91. The molecule has 0 fully saturated rings. The van der Waals surface area contributed by atoms with E-state index in [4.69, 9.17) is 0 Å². The monoisotopic (exact) mass is 202 g/mol. The Morgan fingerprint density at radius 2 is 2.00 bits per heavy atom. The molecule has 0 spiro atoms. The molecule has 0 saturated heterocycles. The van der Waals surface area contributed by atoms with E-state index >= 15 is 0 Å². The predicted molar refractivity (Wildman–Crippen MR) is 61.6 cm³/mol. The van der Waals surface area contributed by atoms with Gasteiger partial charge in [0.2, 0.25) is 6.41 Å². The molecular weight excluding hydrogens is 188 g/mol. The zero-order valence-electron chi connectivity index (χ0n) is 8.71. The van der Waals surface area contributed by atoms with E-state index in [9.17, 15) is 4.79 Å². The van der Waals surface area contributed by atoms with Crippen LogP contribution in [0.1, 0.15) is 12.5 Å². The second-order valence-electron chi connectivity index (χ2n) is 2.95. The maximum Gasteiger partial charge on any atom is 0.207 e. The minimum Gasteiger partial charge on any atom is -0.383 e. The Kier molecular flexibility index (Phi) is 4.82. The lowest BCUT2D eigenvalue weighted by atomic mass is 10.2. The zero-order valence-corrected chi connectivity index (χ0v) is 8.71. The van der Waals surface area contributed by atoms with E-state index < -0.39 is 0 Å². The summed E-state index contributed by atoms with van der Waals surface area (Å²) in [5, 5.41) is 5.76. The number of anilines is 1. The van der Waals surface area contributed by atoms with E-state index in [0.29, 0.717) is 13.0 Å². The fourth-order valence-electron chi connectivity index (χ4n) is 1.15. The van der Waals surface area contributed by atoms with Crippen molar-refractivity contribution in [3.8, 4) is 11.8 Å². The SMILES string of the molecule is CC#Cc1ccc(NCCNC=O)cc1. The first-order valence-electron chi connectivity index (χ1n) is 4.80. The molecule has 1 rings (SSSR count). The lowest BCUT2D eigenvalue weighted by Crippen LogP contribution is -2.20. The molecule has 0 heterocycles. The molecule has 2 N–H and O–H groups in total. The maximum absolute atomic E-state index is 9.98. The molecular formula is C12H14N2O. The van der Waals surface area contributed by atoms with E-state index in [0.717, 1.165) is 17.8 Å². The highest BCUT2D eigenvalue weighted by atomic mass is 16.1. The quantitative estimate of drug-likeness (QED) is 0.428. The van der Waals surface area contributed by atoms with Gasteiger partial charge in [-0.3, -0.25) is 4.79 Å². The van der Waals surface area contributed by atoms with Crippen LogP contribution in [0, 0.1) is 11.8 Å². The molecule has 0 saturated carbocycles. The molecule has 0 aliphatic heterocycles. The van der Waals surface area contributed by atoms with Gasteiger partial charge in [0.1, 0.15) is 0 Å². The van der Waals surface area contributed by atoms with Gasteiger partial charge in [0.25, 0.3) is 0 Å². The molecule has 15 heavy (non-hydrogen) atoms. The summed E-state index contributed by atoms with van der Waals surface area (Å²) in [6.45, 7) is 3.16. The summed E-state index contributed by atoms with van der Waals surface area (Å²) in [6.07, 6.45) is 0.696. The summed E-state index contributed by atoms with van der Waals surface area (Å²) in [4.78, 5) is 9.98. The van der Waals surface area contributed by atoms with E-state index in [1.807, 2.05) is 31.2 Å². The third kappa shape index (κ3) is 4.19. The number of rotatable bonds is 5. The van der Waals surface area contributed by atoms with Crippen LogP contribution in [0.3, 0.4) is 0 Å². The van der Waals surface area contributed by atoms with Crippen molar-refractivity contribution in [3.05, 3.63) is 29.8 Å². The Balaban J connectivity index is 2.41. The largest absolute Gasteiger partial charge is 0.383 e. The van der Waals surface area contributed by atoms with Crippen molar-refractivity contribution in [2.45, 2.75) is 6.92 Å². The first kappa shape index (κ1) is 11.1. The molecule has 3 nitrogen and oxygen atoms in total. The van der Waals surface area contributed by atoms with Crippen LogP contribution in [0.25, 0.3) is 0 Å². The average Bonchev–Trinajstić information content (AvgIpc) is 2.27. The molecule has 0 aliphatic carbocycles. The number of hydrogen-bond acceptors (Lipinski definition) is 2. The average molecular weight is 202 g/mol. The predicted octanol–water partition coefficient (Wildman–Crippen LogP) is 1.22. The minimum atomic E-state index is 0.625. The smallest absolute Gasteiger partial charge is 0.207 e. The molecule has 1 amide bonds. The van der Waals surface area contributed by atoms with Gasteiger partial charge in [-0.1, -0.05) is 5.92 Å². The van der Waals surface area contributed by atoms with Gasteiger partial charge in [0.05, 0.1) is 0 Å².